The van der Waals surface area contributed by atoms with Gasteiger partial charge in [-0.15, -0.1) is 0 Å². The molecule has 0 saturated carbocycles. The molecule has 0 aromatic heterocycles. The second-order valence-corrected chi connectivity index (χ2v) is 7.85. The fraction of sp³-hybridized carbons (Fsp3) is 0.333. The van der Waals surface area contributed by atoms with E-state index >= 15 is 0 Å². The first-order valence-corrected chi connectivity index (χ1v) is 9.82. The van der Waals surface area contributed by atoms with E-state index in [9.17, 15) is 9.59 Å². The number of hydrogen-bond donors (Lipinski definition) is 2. The number of anilines is 1. The van der Waals surface area contributed by atoms with E-state index in [0.717, 1.165) is 22.4 Å². The maximum atomic E-state index is 12.4. The average Bonchev–Trinajstić information content (AvgIpc) is 2.62. The van der Waals surface area contributed by atoms with Crippen LogP contribution in [-0.4, -0.2) is 36.9 Å². The number of benzene rings is 2. The van der Waals surface area contributed by atoms with E-state index in [1.54, 1.807) is 19.2 Å². The molecule has 150 valence electrons. The zero-order valence-corrected chi connectivity index (χ0v) is 18.1. The molecule has 2 rings (SSSR count). The van der Waals surface area contributed by atoms with Crippen molar-refractivity contribution >= 4 is 40.7 Å². The summed E-state index contributed by atoms with van der Waals surface area (Å²) in [5.74, 6) is -0.355. The third kappa shape index (κ3) is 6.23. The van der Waals surface area contributed by atoms with Gasteiger partial charge in [0.15, 0.2) is 6.54 Å². The zero-order valence-electron chi connectivity index (χ0n) is 16.6. The largest absolute Gasteiger partial charge is 0.332 e. The number of halogens is 2. The van der Waals surface area contributed by atoms with Gasteiger partial charge in [-0.3, -0.25) is 9.59 Å². The highest BCUT2D eigenvalue weighted by Gasteiger charge is 2.18. The number of amides is 2. The number of rotatable bonds is 7. The minimum atomic E-state index is -0.224. The van der Waals surface area contributed by atoms with E-state index in [2.05, 4.69) is 5.32 Å². The molecule has 0 radical (unpaired) electrons. The van der Waals surface area contributed by atoms with Crippen molar-refractivity contribution in [3.8, 4) is 0 Å². The lowest BCUT2D eigenvalue weighted by Gasteiger charge is -2.18. The summed E-state index contributed by atoms with van der Waals surface area (Å²) in [6.07, 6.45) is 0. The number of nitrogens with zero attached hydrogens (tertiary/aromatic N) is 1. The van der Waals surface area contributed by atoms with E-state index in [1.807, 2.05) is 50.4 Å². The van der Waals surface area contributed by atoms with Crippen molar-refractivity contribution in [2.24, 2.45) is 0 Å². The summed E-state index contributed by atoms with van der Waals surface area (Å²) in [5, 5.41) is 5.90. The molecule has 7 heteroatoms. The Bertz CT molecular complexity index is 871. The number of carbonyl (C=O) groups is 2. The second-order valence-electron chi connectivity index (χ2n) is 7.01. The van der Waals surface area contributed by atoms with Crippen molar-refractivity contribution in [1.29, 1.82) is 0 Å². The SMILES string of the molecule is Cc1ccc(C)c(NC(=O)CN(C)C(=O)C[NH2+][C@@H](C)c2ccc(Cl)cc2Cl)c1. The van der Waals surface area contributed by atoms with Crippen LogP contribution in [0.3, 0.4) is 0 Å². The van der Waals surface area contributed by atoms with Gasteiger partial charge in [-0.1, -0.05) is 41.4 Å². The minimum absolute atomic E-state index is 0.00383. The Labute approximate surface area is 176 Å². The van der Waals surface area contributed by atoms with Gasteiger partial charge in [0.2, 0.25) is 5.91 Å². The molecule has 0 aliphatic heterocycles. The molecular formula is C21H26Cl2N3O2+. The van der Waals surface area contributed by atoms with Gasteiger partial charge in [0.05, 0.1) is 11.6 Å². The molecule has 2 amide bonds. The summed E-state index contributed by atoms with van der Waals surface area (Å²) in [7, 11) is 1.62. The Morgan fingerprint density at radius 2 is 1.86 bits per heavy atom. The number of aryl methyl sites for hydroxylation is 2. The summed E-state index contributed by atoms with van der Waals surface area (Å²) in [4.78, 5) is 26.1. The molecule has 0 bridgehead atoms. The fourth-order valence-corrected chi connectivity index (χ4v) is 3.38. The molecule has 2 aromatic rings. The van der Waals surface area contributed by atoms with Crippen LogP contribution in [0.5, 0.6) is 0 Å². The van der Waals surface area contributed by atoms with Crippen LogP contribution in [0.1, 0.15) is 29.7 Å². The maximum Gasteiger partial charge on any atom is 0.277 e. The van der Waals surface area contributed by atoms with E-state index in [0.29, 0.717) is 10.0 Å². The normalized spacial score (nSPS) is 11.8. The number of likely N-dealkylation sites (N-methyl/N-ethyl adjacent to an activating group) is 1. The van der Waals surface area contributed by atoms with Crippen molar-refractivity contribution in [2.45, 2.75) is 26.8 Å². The second kappa shape index (κ2) is 9.92. The van der Waals surface area contributed by atoms with Crippen molar-refractivity contribution in [1.82, 2.24) is 4.90 Å². The van der Waals surface area contributed by atoms with Gasteiger partial charge < -0.3 is 15.5 Å². The lowest BCUT2D eigenvalue weighted by atomic mass is 10.1. The highest BCUT2D eigenvalue weighted by atomic mass is 35.5. The third-order valence-corrected chi connectivity index (χ3v) is 5.14. The van der Waals surface area contributed by atoms with Crippen LogP contribution in [-0.2, 0) is 9.59 Å². The molecule has 0 saturated heterocycles. The Hall–Kier alpha value is -2.08. The van der Waals surface area contributed by atoms with Crippen LogP contribution in [0.2, 0.25) is 10.0 Å². The maximum absolute atomic E-state index is 12.4. The predicted octanol–water partition coefficient (Wildman–Crippen LogP) is 3.33. The first-order chi connectivity index (χ1) is 13.2. The molecule has 1 atom stereocenters. The number of nitrogens with two attached hydrogens (primary N) is 1. The van der Waals surface area contributed by atoms with E-state index in [1.165, 1.54) is 4.90 Å². The van der Waals surface area contributed by atoms with Crippen LogP contribution in [0, 0.1) is 13.8 Å². The summed E-state index contributed by atoms with van der Waals surface area (Å²) in [5.41, 5.74) is 3.72. The van der Waals surface area contributed by atoms with Gasteiger partial charge in [0.1, 0.15) is 6.04 Å². The molecule has 0 heterocycles. The summed E-state index contributed by atoms with van der Waals surface area (Å²) < 4.78 is 0. The standard InChI is InChI=1S/C21H25Cl2N3O2/c1-13-5-6-14(2)19(9-13)25-20(27)12-26(4)21(28)11-24-15(3)17-8-7-16(22)10-18(17)23/h5-10,15,24H,11-12H2,1-4H3,(H,25,27)/p+1/t15-/m0/s1. The molecule has 5 nitrogen and oxygen atoms in total. The molecule has 0 aliphatic carbocycles. The van der Waals surface area contributed by atoms with Crippen molar-refractivity contribution < 1.29 is 14.9 Å². The molecule has 0 unspecified atom stereocenters. The van der Waals surface area contributed by atoms with E-state index < -0.39 is 0 Å². The summed E-state index contributed by atoms with van der Waals surface area (Å²) in [6.45, 7) is 6.08. The lowest BCUT2D eigenvalue weighted by Crippen LogP contribution is -2.87. The zero-order chi connectivity index (χ0) is 20.8. The Kier molecular flexibility index (Phi) is 7.87. The minimum Gasteiger partial charge on any atom is -0.332 e. The van der Waals surface area contributed by atoms with Gasteiger partial charge in [-0.2, -0.15) is 0 Å². The van der Waals surface area contributed by atoms with Crippen LogP contribution in [0.25, 0.3) is 0 Å². The Morgan fingerprint density at radius 3 is 2.54 bits per heavy atom. The monoisotopic (exact) mass is 422 g/mol. The van der Waals surface area contributed by atoms with E-state index in [4.69, 9.17) is 23.2 Å². The number of carbonyl (C=O) groups excluding carboxylic acids is 2. The molecule has 0 aliphatic rings. The highest BCUT2D eigenvalue weighted by molar-refractivity contribution is 6.35. The van der Waals surface area contributed by atoms with Crippen molar-refractivity contribution in [2.75, 3.05) is 25.5 Å². The summed E-state index contributed by atoms with van der Waals surface area (Å²) in [6, 6.07) is 11.2. The molecule has 28 heavy (non-hydrogen) atoms. The molecule has 2 aromatic carbocycles. The number of quaternary nitrogens is 1. The van der Waals surface area contributed by atoms with Crippen molar-refractivity contribution in [3.05, 3.63) is 63.1 Å². The topological polar surface area (TPSA) is 66.0 Å². The predicted molar refractivity (Wildman–Crippen MR) is 114 cm³/mol. The number of nitrogens with one attached hydrogen (secondary N) is 1. The molecule has 0 spiro atoms. The average molecular weight is 423 g/mol. The van der Waals surface area contributed by atoms with Gasteiger partial charge >= 0.3 is 0 Å². The van der Waals surface area contributed by atoms with Crippen LogP contribution in [0.15, 0.2) is 36.4 Å². The van der Waals surface area contributed by atoms with Gasteiger partial charge in [0.25, 0.3) is 5.91 Å². The third-order valence-electron chi connectivity index (χ3n) is 4.57. The van der Waals surface area contributed by atoms with Crippen LogP contribution < -0.4 is 10.6 Å². The molecule has 3 N–H and O–H groups in total. The smallest absolute Gasteiger partial charge is 0.277 e. The van der Waals surface area contributed by atoms with Crippen LogP contribution >= 0.6 is 23.2 Å². The molecule has 0 fully saturated rings. The first-order valence-electron chi connectivity index (χ1n) is 9.06. The van der Waals surface area contributed by atoms with Gasteiger partial charge in [-0.25, -0.2) is 0 Å². The quantitative estimate of drug-likeness (QED) is 0.718. The van der Waals surface area contributed by atoms with Crippen LogP contribution in [0.4, 0.5) is 5.69 Å². The fourth-order valence-electron chi connectivity index (χ4n) is 2.80. The first kappa shape index (κ1) is 22.2. The highest BCUT2D eigenvalue weighted by Crippen LogP contribution is 2.24. The van der Waals surface area contributed by atoms with Gasteiger partial charge in [-0.05, 0) is 50.1 Å². The summed E-state index contributed by atoms with van der Waals surface area (Å²) >= 11 is 12.1. The van der Waals surface area contributed by atoms with Crippen molar-refractivity contribution in [3.63, 3.8) is 0 Å². The Morgan fingerprint density at radius 1 is 1.14 bits per heavy atom. The number of hydrogen-bond acceptors (Lipinski definition) is 2. The van der Waals surface area contributed by atoms with E-state index in [-0.39, 0.29) is 30.9 Å². The molecular weight excluding hydrogens is 397 g/mol. The van der Waals surface area contributed by atoms with Gasteiger partial charge in [0, 0.05) is 23.3 Å². The Balaban J connectivity index is 1.86. The lowest BCUT2D eigenvalue weighted by molar-refractivity contribution is -0.683.